The van der Waals surface area contributed by atoms with Crippen molar-refractivity contribution in [2.45, 2.75) is 31.7 Å². The van der Waals surface area contributed by atoms with E-state index in [2.05, 4.69) is 19.9 Å². The molecule has 0 unspecified atom stereocenters. The summed E-state index contributed by atoms with van der Waals surface area (Å²) in [4.78, 5) is 35.4. The Morgan fingerprint density at radius 2 is 1.85 bits per heavy atom. The van der Waals surface area contributed by atoms with Gasteiger partial charge in [-0.1, -0.05) is 35.5 Å². The van der Waals surface area contributed by atoms with E-state index in [4.69, 9.17) is 4.52 Å². The minimum Gasteiger partial charge on any atom is -0.469 e. The Bertz CT molecular complexity index is 772. The second-order valence-corrected chi connectivity index (χ2v) is 5.83. The second-order valence-electron chi connectivity index (χ2n) is 5.83. The molecule has 8 nitrogen and oxygen atoms in total. The Hall–Kier alpha value is -3.16. The van der Waals surface area contributed by atoms with Gasteiger partial charge in [-0.15, -0.1) is 0 Å². The highest BCUT2D eigenvalue weighted by atomic mass is 16.5. The molecule has 8 heteroatoms. The molecule has 0 aliphatic rings. The normalized spacial score (nSPS) is 11.5. The zero-order valence-electron chi connectivity index (χ0n) is 15.3. The van der Waals surface area contributed by atoms with Gasteiger partial charge in [-0.2, -0.15) is 0 Å². The van der Waals surface area contributed by atoms with Crippen LogP contribution in [-0.4, -0.2) is 43.3 Å². The molecule has 1 N–H and O–H groups in total. The lowest BCUT2D eigenvalue weighted by atomic mass is 10.1. The largest absolute Gasteiger partial charge is 0.469 e. The number of esters is 2. The van der Waals surface area contributed by atoms with Crippen LogP contribution in [0, 0.1) is 0 Å². The topological polar surface area (TPSA) is 108 Å². The average Bonchev–Trinajstić information content (AvgIpc) is 3.18. The molecule has 2 rings (SSSR count). The molecule has 0 radical (unpaired) electrons. The van der Waals surface area contributed by atoms with Gasteiger partial charge in [-0.3, -0.25) is 9.59 Å². The number of hydrogen-bond acceptors (Lipinski definition) is 7. The van der Waals surface area contributed by atoms with E-state index in [1.54, 1.807) is 0 Å². The van der Waals surface area contributed by atoms with Gasteiger partial charge in [-0.05, 0) is 24.8 Å². The molecule has 2 aromatic rings. The number of benzene rings is 1. The Morgan fingerprint density at radius 3 is 2.52 bits per heavy atom. The van der Waals surface area contributed by atoms with Crippen LogP contribution in [0.4, 0.5) is 0 Å². The first-order chi connectivity index (χ1) is 13.0. The maximum Gasteiger partial charge on any atom is 0.328 e. The molecule has 0 fully saturated rings. The van der Waals surface area contributed by atoms with Gasteiger partial charge in [0.2, 0.25) is 5.76 Å². The van der Waals surface area contributed by atoms with Gasteiger partial charge in [0, 0.05) is 12.5 Å². The average molecular weight is 374 g/mol. The second kappa shape index (κ2) is 10.1. The van der Waals surface area contributed by atoms with Gasteiger partial charge in [0.1, 0.15) is 6.04 Å². The monoisotopic (exact) mass is 374 g/mol. The van der Waals surface area contributed by atoms with E-state index in [0.29, 0.717) is 12.1 Å². The van der Waals surface area contributed by atoms with Crippen LogP contribution in [0.1, 0.15) is 34.7 Å². The SMILES string of the molecule is COC(=O)CC[C@H](NC(=O)c1cc(CCc2ccccc2)no1)C(=O)OC. The Kier molecular flexibility index (Phi) is 7.54. The van der Waals surface area contributed by atoms with E-state index in [1.807, 2.05) is 30.3 Å². The van der Waals surface area contributed by atoms with Gasteiger partial charge >= 0.3 is 11.9 Å². The highest BCUT2D eigenvalue weighted by Gasteiger charge is 2.25. The molecule has 1 atom stereocenters. The van der Waals surface area contributed by atoms with Crippen LogP contribution in [0.15, 0.2) is 40.9 Å². The summed E-state index contributed by atoms with van der Waals surface area (Å²) in [6, 6.07) is 10.4. The number of aromatic nitrogens is 1. The summed E-state index contributed by atoms with van der Waals surface area (Å²) in [5.41, 5.74) is 1.79. The van der Waals surface area contributed by atoms with E-state index in [-0.39, 0.29) is 18.6 Å². The predicted octanol–water partition coefficient (Wildman–Crippen LogP) is 1.68. The van der Waals surface area contributed by atoms with Crippen molar-refractivity contribution < 1.29 is 28.4 Å². The standard InChI is InChI=1S/C19H22N2O6/c1-25-17(22)11-10-15(19(24)26-2)20-18(23)16-12-14(21-27-16)9-8-13-6-4-3-5-7-13/h3-7,12,15H,8-11H2,1-2H3,(H,20,23)/t15-/m0/s1. The lowest BCUT2D eigenvalue weighted by Gasteiger charge is -2.14. The first-order valence-corrected chi connectivity index (χ1v) is 8.48. The van der Waals surface area contributed by atoms with E-state index in [0.717, 1.165) is 12.0 Å². The number of ether oxygens (including phenoxy) is 2. The molecular weight excluding hydrogens is 352 g/mol. The third kappa shape index (κ3) is 6.25. The molecule has 1 heterocycles. The van der Waals surface area contributed by atoms with Crippen LogP contribution in [0.2, 0.25) is 0 Å². The van der Waals surface area contributed by atoms with Crippen molar-refractivity contribution in [2.24, 2.45) is 0 Å². The molecule has 0 spiro atoms. The van der Waals surface area contributed by atoms with Crippen LogP contribution in [0.25, 0.3) is 0 Å². The Balaban J connectivity index is 1.93. The van der Waals surface area contributed by atoms with E-state index in [1.165, 1.54) is 20.3 Å². The summed E-state index contributed by atoms with van der Waals surface area (Å²) < 4.78 is 14.3. The molecule has 144 valence electrons. The molecule has 0 saturated heterocycles. The number of aryl methyl sites for hydroxylation is 2. The van der Waals surface area contributed by atoms with Crippen molar-refractivity contribution in [3.8, 4) is 0 Å². The van der Waals surface area contributed by atoms with Gasteiger partial charge in [0.05, 0.1) is 19.9 Å². The summed E-state index contributed by atoms with van der Waals surface area (Å²) >= 11 is 0. The van der Waals surface area contributed by atoms with Crippen molar-refractivity contribution >= 4 is 17.8 Å². The lowest BCUT2D eigenvalue weighted by molar-refractivity contribution is -0.144. The lowest BCUT2D eigenvalue weighted by Crippen LogP contribution is -2.41. The highest BCUT2D eigenvalue weighted by molar-refractivity contribution is 5.94. The fraction of sp³-hybridized carbons (Fsp3) is 0.368. The summed E-state index contributed by atoms with van der Waals surface area (Å²) in [5, 5.41) is 6.38. The summed E-state index contributed by atoms with van der Waals surface area (Å²) in [5.74, 6) is -1.75. The van der Waals surface area contributed by atoms with Crippen molar-refractivity contribution in [3.63, 3.8) is 0 Å². The van der Waals surface area contributed by atoms with E-state index in [9.17, 15) is 14.4 Å². The molecule has 1 aromatic heterocycles. The maximum absolute atomic E-state index is 12.3. The molecule has 0 aliphatic carbocycles. The number of hydrogen-bond donors (Lipinski definition) is 1. The zero-order chi connectivity index (χ0) is 19.6. The number of nitrogens with zero attached hydrogens (tertiary/aromatic N) is 1. The fourth-order valence-electron chi connectivity index (χ4n) is 2.44. The van der Waals surface area contributed by atoms with Gasteiger partial charge in [0.15, 0.2) is 0 Å². The number of nitrogens with one attached hydrogen (secondary N) is 1. The van der Waals surface area contributed by atoms with Gasteiger partial charge in [-0.25, -0.2) is 4.79 Å². The van der Waals surface area contributed by atoms with Crippen molar-refractivity contribution in [1.29, 1.82) is 0 Å². The first-order valence-electron chi connectivity index (χ1n) is 8.48. The number of methoxy groups -OCH3 is 2. The van der Waals surface area contributed by atoms with Crippen LogP contribution in [0.5, 0.6) is 0 Å². The Labute approximate surface area is 156 Å². The van der Waals surface area contributed by atoms with Crippen molar-refractivity contribution in [1.82, 2.24) is 10.5 Å². The van der Waals surface area contributed by atoms with Crippen LogP contribution in [0.3, 0.4) is 0 Å². The fourth-order valence-corrected chi connectivity index (χ4v) is 2.44. The molecule has 0 bridgehead atoms. The highest BCUT2D eigenvalue weighted by Crippen LogP contribution is 2.10. The maximum atomic E-state index is 12.3. The third-order valence-electron chi connectivity index (χ3n) is 3.95. The molecule has 0 saturated carbocycles. The summed E-state index contributed by atoms with van der Waals surface area (Å²) in [6.45, 7) is 0. The van der Waals surface area contributed by atoms with Crippen LogP contribution in [-0.2, 0) is 31.9 Å². The van der Waals surface area contributed by atoms with Gasteiger partial charge < -0.3 is 19.3 Å². The quantitative estimate of drug-likeness (QED) is 0.665. The van der Waals surface area contributed by atoms with E-state index >= 15 is 0 Å². The minimum absolute atomic E-state index is 0.00923. The molecule has 27 heavy (non-hydrogen) atoms. The van der Waals surface area contributed by atoms with Crippen LogP contribution < -0.4 is 5.32 Å². The molecule has 0 aliphatic heterocycles. The third-order valence-corrected chi connectivity index (χ3v) is 3.95. The van der Waals surface area contributed by atoms with Gasteiger partial charge in [0.25, 0.3) is 5.91 Å². The summed E-state index contributed by atoms with van der Waals surface area (Å²) in [7, 11) is 2.45. The number of rotatable bonds is 9. The molecule has 1 amide bonds. The minimum atomic E-state index is -0.987. The van der Waals surface area contributed by atoms with Crippen LogP contribution >= 0.6 is 0 Å². The first kappa shape index (κ1) is 20.2. The van der Waals surface area contributed by atoms with Crippen molar-refractivity contribution in [2.75, 3.05) is 14.2 Å². The number of carbonyl (C=O) groups is 3. The Morgan fingerprint density at radius 1 is 1.11 bits per heavy atom. The predicted molar refractivity (Wildman–Crippen MR) is 94.9 cm³/mol. The van der Waals surface area contributed by atoms with Crippen molar-refractivity contribution in [3.05, 3.63) is 53.4 Å². The molecular formula is C19H22N2O6. The molecule has 1 aromatic carbocycles. The number of carbonyl (C=O) groups excluding carboxylic acids is 3. The smallest absolute Gasteiger partial charge is 0.328 e. The zero-order valence-corrected chi connectivity index (χ0v) is 15.3. The summed E-state index contributed by atoms with van der Waals surface area (Å²) in [6.07, 6.45) is 1.40. The number of amides is 1. The van der Waals surface area contributed by atoms with E-state index < -0.39 is 23.9 Å².